The highest BCUT2D eigenvalue weighted by Gasteiger charge is 2.24. The van der Waals surface area contributed by atoms with Crippen LogP contribution in [0.5, 0.6) is 0 Å². The summed E-state index contributed by atoms with van der Waals surface area (Å²) in [6.45, 7) is 0.579. The number of hydrogen-bond acceptors (Lipinski definition) is 4. The van der Waals surface area contributed by atoms with Crippen molar-refractivity contribution in [1.82, 2.24) is 4.98 Å². The van der Waals surface area contributed by atoms with Crippen molar-refractivity contribution in [2.24, 2.45) is 0 Å². The zero-order chi connectivity index (χ0) is 13.8. The highest BCUT2D eigenvalue weighted by molar-refractivity contribution is 6.37. The molecule has 1 aliphatic rings. The third-order valence-corrected chi connectivity index (χ3v) is 4.15. The molecule has 1 saturated carbocycles. The molecule has 1 aromatic heterocycles. The van der Waals surface area contributed by atoms with Gasteiger partial charge in [-0.1, -0.05) is 42.5 Å². The molecule has 0 aliphatic heterocycles. The lowest BCUT2D eigenvalue weighted by atomic mass is 9.94. The molecule has 0 atom stereocenters. The number of aromatic nitrogens is 1. The summed E-state index contributed by atoms with van der Waals surface area (Å²) in [5, 5.41) is 10.1. The Labute approximate surface area is 123 Å². The van der Waals surface area contributed by atoms with E-state index in [0.717, 1.165) is 12.8 Å². The zero-order valence-corrected chi connectivity index (χ0v) is 12.3. The van der Waals surface area contributed by atoms with Crippen LogP contribution in [0.15, 0.2) is 6.07 Å². The standard InChI is InChI=1S/C13H19Cl2N3O/c14-10-8-11(15)13(17-12(10)16)18(6-7-19)9-4-2-1-3-5-9/h8-9,19H,1-7H2,(H2,16,17). The normalized spacial score (nSPS) is 16.6. The number of nitrogens with zero attached hydrogens (tertiary/aromatic N) is 2. The largest absolute Gasteiger partial charge is 0.395 e. The van der Waals surface area contributed by atoms with Crippen LogP contribution in [0.2, 0.25) is 10.0 Å². The van der Waals surface area contributed by atoms with E-state index in [1.54, 1.807) is 6.07 Å². The summed E-state index contributed by atoms with van der Waals surface area (Å²) in [7, 11) is 0. The summed E-state index contributed by atoms with van der Waals surface area (Å²) < 4.78 is 0. The van der Waals surface area contributed by atoms with Crippen molar-refractivity contribution in [3.8, 4) is 0 Å². The van der Waals surface area contributed by atoms with Crippen LogP contribution in [-0.2, 0) is 0 Å². The number of nitrogens with two attached hydrogens (primary N) is 1. The molecule has 1 fully saturated rings. The highest BCUT2D eigenvalue weighted by Crippen LogP contribution is 2.33. The van der Waals surface area contributed by atoms with E-state index in [2.05, 4.69) is 9.88 Å². The maximum Gasteiger partial charge on any atom is 0.150 e. The third-order valence-electron chi connectivity index (χ3n) is 3.57. The van der Waals surface area contributed by atoms with Crippen molar-refractivity contribution < 1.29 is 5.11 Å². The minimum absolute atomic E-state index is 0.0665. The quantitative estimate of drug-likeness (QED) is 0.897. The molecule has 0 unspecified atom stereocenters. The van der Waals surface area contributed by atoms with Gasteiger partial charge < -0.3 is 15.7 Å². The Hall–Kier alpha value is -0.710. The number of halogens is 2. The van der Waals surface area contributed by atoms with Gasteiger partial charge in [-0.2, -0.15) is 0 Å². The Morgan fingerprint density at radius 2 is 1.95 bits per heavy atom. The Balaban J connectivity index is 2.29. The molecule has 1 aliphatic carbocycles. The fraction of sp³-hybridized carbons (Fsp3) is 0.615. The first-order valence-corrected chi connectivity index (χ1v) is 7.38. The van der Waals surface area contributed by atoms with E-state index in [1.165, 1.54) is 19.3 Å². The van der Waals surface area contributed by atoms with Gasteiger partial charge in [0.25, 0.3) is 0 Å². The van der Waals surface area contributed by atoms with Crippen LogP contribution in [0.4, 0.5) is 11.6 Å². The van der Waals surface area contributed by atoms with Crippen molar-refractivity contribution in [2.45, 2.75) is 38.1 Å². The monoisotopic (exact) mass is 303 g/mol. The number of rotatable bonds is 4. The van der Waals surface area contributed by atoms with Crippen LogP contribution in [0, 0.1) is 0 Å². The molecule has 1 heterocycles. The Bertz CT molecular complexity index is 436. The smallest absolute Gasteiger partial charge is 0.150 e. The number of hydrogen-bond donors (Lipinski definition) is 2. The molecule has 0 amide bonds. The van der Waals surface area contributed by atoms with E-state index in [4.69, 9.17) is 28.9 Å². The summed E-state index contributed by atoms with van der Waals surface area (Å²) >= 11 is 12.1. The Kier molecular flexibility index (Phi) is 5.13. The van der Waals surface area contributed by atoms with E-state index < -0.39 is 0 Å². The summed E-state index contributed by atoms with van der Waals surface area (Å²) in [6.07, 6.45) is 5.87. The molecule has 2 rings (SSSR count). The van der Waals surface area contributed by atoms with Gasteiger partial charge in [0.15, 0.2) is 0 Å². The van der Waals surface area contributed by atoms with Gasteiger partial charge >= 0.3 is 0 Å². The summed E-state index contributed by atoms with van der Waals surface area (Å²) in [6, 6.07) is 1.99. The van der Waals surface area contributed by atoms with Crippen LogP contribution in [0.1, 0.15) is 32.1 Å². The minimum Gasteiger partial charge on any atom is -0.395 e. The van der Waals surface area contributed by atoms with Gasteiger partial charge in [-0.3, -0.25) is 0 Å². The predicted octanol–water partition coefficient (Wildman–Crippen LogP) is 3.10. The second-order valence-corrected chi connectivity index (χ2v) is 5.68. The fourth-order valence-electron chi connectivity index (χ4n) is 2.63. The molecule has 1 aromatic rings. The van der Waals surface area contributed by atoms with Crippen molar-refractivity contribution in [2.75, 3.05) is 23.8 Å². The first-order chi connectivity index (χ1) is 9.13. The molecule has 3 N–H and O–H groups in total. The van der Waals surface area contributed by atoms with Gasteiger partial charge in [0.05, 0.1) is 16.7 Å². The van der Waals surface area contributed by atoms with E-state index in [1.807, 2.05) is 0 Å². The van der Waals surface area contributed by atoms with Crippen LogP contribution in [-0.4, -0.2) is 29.3 Å². The summed E-state index contributed by atoms with van der Waals surface area (Å²) in [5.74, 6) is 0.907. The second kappa shape index (κ2) is 6.64. The minimum atomic E-state index is 0.0665. The molecule has 0 spiro atoms. The van der Waals surface area contributed by atoms with Crippen LogP contribution >= 0.6 is 23.2 Å². The van der Waals surface area contributed by atoms with Gasteiger partial charge in [-0.05, 0) is 18.9 Å². The van der Waals surface area contributed by atoms with E-state index in [0.29, 0.717) is 28.4 Å². The fourth-order valence-corrected chi connectivity index (χ4v) is 3.10. The predicted molar refractivity (Wildman–Crippen MR) is 80.0 cm³/mol. The van der Waals surface area contributed by atoms with Gasteiger partial charge in [-0.25, -0.2) is 4.98 Å². The molecule has 4 nitrogen and oxygen atoms in total. The molecule has 106 valence electrons. The van der Waals surface area contributed by atoms with Gasteiger partial charge in [0, 0.05) is 12.6 Å². The molecular weight excluding hydrogens is 285 g/mol. The first kappa shape index (κ1) is 14.7. The van der Waals surface area contributed by atoms with Crippen LogP contribution < -0.4 is 10.6 Å². The molecule has 0 bridgehead atoms. The first-order valence-electron chi connectivity index (χ1n) is 6.62. The Morgan fingerprint density at radius 1 is 1.26 bits per heavy atom. The second-order valence-electron chi connectivity index (χ2n) is 4.87. The summed E-state index contributed by atoms with van der Waals surface area (Å²) in [5.41, 5.74) is 5.76. The third kappa shape index (κ3) is 3.44. The van der Waals surface area contributed by atoms with Crippen LogP contribution in [0.25, 0.3) is 0 Å². The molecule has 6 heteroatoms. The lowest BCUT2D eigenvalue weighted by Crippen LogP contribution is -2.39. The van der Waals surface area contributed by atoms with E-state index in [-0.39, 0.29) is 12.4 Å². The SMILES string of the molecule is Nc1nc(N(CCO)C2CCCCC2)c(Cl)cc1Cl. The molecular formula is C13H19Cl2N3O. The van der Waals surface area contributed by atoms with Crippen LogP contribution in [0.3, 0.4) is 0 Å². The highest BCUT2D eigenvalue weighted by atomic mass is 35.5. The van der Waals surface area contributed by atoms with Gasteiger partial charge in [-0.15, -0.1) is 0 Å². The summed E-state index contributed by atoms with van der Waals surface area (Å²) in [4.78, 5) is 6.36. The zero-order valence-electron chi connectivity index (χ0n) is 10.8. The molecule has 19 heavy (non-hydrogen) atoms. The maximum absolute atomic E-state index is 9.27. The Morgan fingerprint density at radius 3 is 2.58 bits per heavy atom. The van der Waals surface area contributed by atoms with Gasteiger partial charge in [0.2, 0.25) is 0 Å². The van der Waals surface area contributed by atoms with Crippen molar-refractivity contribution >= 4 is 34.8 Å². The van der Waals surface area contributed by atoms with Crippen molar-refractivity contribution in [3.63, 3.8) is 0 Å². The number of anilines is 2. The number of pyridine rings is 1. The maximum atomic E-state index is 9.27. The topological polar surface area (TPSA) is 62.4 Å². The average molecular weight is 304 g/mol. The van der Waals surface area contributed by atoms with Crippen molar-refractivity contribution in [1.29, 1.82) is 0 Å². The molecule has 0 saturated heterocycles. The van der Waals surface area contributed by atoms with E-state index >= 15 is 0 Å². The molecule has 0 aromatic carbocycles. The molecule has 0 radical (unpaired) electrons. The van der Waals surface area contributed by atoms with E-state index in [9.17, 15) is 5.11 Å². The average Bonchev–Trinajstić information content (AvgIpc) is 2.42. The lowest BCUT2D eigenvalue weighted by Gasteiger charge is -2.35. The van der Waals surface area contributed by atoms with Gasteiger partial charge in [0.1, 0.15) is 11.6 Å². The number of aliphatic hydroxyl groups excluding tert-OH is 1. The number of aliphatic hydroxyl groups is 1. The number of nitrogen functional groups attached to an aromatic ring is 1. The van der Waals surface area contributed by atoms with Crippen molar-refractivity contribution in [3.05, 3.63) is 16.1 Å². The lowest BCUT2D eigenvalue weighted by molar-refractivity contribution is 0.289.